The van der Waals surface area contributed by atoms with Crippen molar-refractivity contribution in [1.82, 2.24) is 19.1 Å². The maximum absolute atomic E-state index is 13.7. The Bertz CT molecular complexity index is 1120. The van der Waals surface area contributed by atoms with E-state index >= 15 is 0 Å². The summed E-state index contributed by atoms with van der Waals surface area (Å²) in [6.45, 7) is 6.01. The van der Waals surface area contributed by atoms with Crippen LogP contribution < -0.4 is 0 Å². The van der Waals surface area contributed by atoms with Crippen molar-refractivity contribution < 1.29 is 26.0 Å². The molecule has 2 aliphatic rings. The number of benzene rings is 1. The zero-order valence-corrected chi connectivity index (χ0v) is 21.7. The Morgan fingerprint density at radius 1 is 1.00 bits per heavy atom. The number of likely N-dealkylation sites (tertiary alicyclic amines) is 1. The van der Waals surface area contributed by atoms with Crippen molar-refractivity contribution in [2.24, 2.45) is 0 Å². The van der Waals surface area contributed by atoms with Gasteiger partial charge in [-0.05, 0) is 75.1 Å². The maximum atomic E-state index is 13.7. The predicted octanol–water partition coefficient (Wildman–Crippen LogP) is 4.33. The number of hydrogen-bond acceptors (Lipinski definition) is 5. The first-order valence-corrected chi connectivity index (χ1v) is 13.2. The Kier molecular flexibility index (Phi) is 9.37. The fraction of sp³-hybridized carbons (Fsp3) is 0.542. The summed E-state index contributed by atoms with van der Waals surface area (Å²) in [5.41, 5.74) is 0.396. The van der Waals surface area contributed by atoms with Crippen LogP contribution in [0, 0.1) is 12.7 Å². The third-order valence-electron chi connectivity index (χ3n) is 6.85. The van der Waals surface area contributed by atoms with Crippen molar-refractivity contribution in [3.63, 3.8) is 0 Å². The second kappa shape index (κ2) is 11.7. The largest absolute Gasteiger partial charge is 0.433 e. The van der Waals surface area contributed by atoms with Crippen LogP contribution in [0.3, 0.4) is 0 Å². The van der Waals surface area contributed by atoms with Gasteiger partial charge in [-0.25, -0.2) is 12.8 Å². The molecule has 6 nitrogen and oxygen atoms in total. The Morgan fingerprint density at radius 2 is 1.72 bits per heavy atom. The van der Waals surface area contributed by atoms with Crippen molar-refractivity contribution in [2.75, 3.05) is 39.3 Å². The fourth-order valence-corrected chi connectivity index (χ4v) is 6.60. The standard InChI is InChI=1S/C24H30F4N4O2S.ClH/c1-18-3-5-20(25)15-22(18)35(33,34)32-10-2-9-31(13-14-32)21-7-11-30(12-8-21)17-19-4-6-23(29-16-19)24(26,27)28;/h3-6,15-16,21H,2,7-14,17H2,1H3;1H. The Morgan fingerprint density at radius 3 is 2.36 bits per heavy atom. The molecule has 0 atom stereocenters. The smallest absolute Gasteiger partial charge is 0.299 e. The van der Waals surface area contributed by atoms with E-state index in [-0.39, 0.29) is 17.3 Å². The number of piperidine rings is 1. The molecule has 0 bridgehead atoms. The van der Waals surface area contributed by atoms with E-state index in [1.807, 2.05) is 0 Å². The van der Waals surface area contributed by atoms with Gasteiger partial charge in [0.05, 0.1) is 4.90 Å². The number of pyridine rings is 1. The zero-order valence-electron chi connectivity index (χ0n) is 20.0. The molecule has 0 radical (unpaired) electrons. The molecule has 1 aromatic heterocycles. The average molecular weight is 551 g/mol. The summed E-state index contributed by atoms with van der Waals surface area (Å²) in [4.78, 5) is 8.11. The van der Waals surface area contributed by atoms with Gasteiger partial charge < -0.3 is 0 Å². The molecule has 2 aromatic rings. The van der Waals surface area contributed by atoms with E-state index in [4.69, 9.17) is 0 Å². The third kappa shape index (κ3) is 6.74. The van der Waals surface area contributed by atoms with Gasteiger partial charge in [-0.15, -0.1) is 12.4 Å². The number of sulfonamides is 1. The quantitative estimate of drug-likeness (QED) is 0.519. The van der Waals surface area contributed by atoms with Crippen LogP contribution in [0.5, 0.6) is 0 Å². The number of hydrogen-bond donors (Lipinski definition) is 0. The summed E-state index contributed by atoms with van der Waals surface area (Å²) >= 11 is 0. The maximum Gasteiger partial charge on any atom is 0.433 e. The number of nitrogens with zero attached hydrogens (tertiary/aromatic N) is 4. The van der Waals surface area contributed by atoms with Crippen LogP contribution in [-0.2, 0) is 22.7 Å². The summed E-state index contributed by atoms with van der Waals surface area (Å²) in [6.07, 6.45) is -0.632. The molecule has 3 heterocycles. The van der Waals surface area contributed by atoms with Crippen LogP contribution in [-0.4, -0.2) is 72.8 Å². The highest BCUT2D eigenvalue weighted by molar-refractivity contribution is 7.89. The normalized spacial score (nSPS) is 19.6. The van der Waals surface area contributed by atoms with E-state index in [0.717, 1.165) is 50.2 Å². The molecule has 2 aliphatic heterocycles. The molecule has 36 heavy (non-hydrogen) atoms. The second-order valence-electron chi connectivity index (χ2n) is 9.26. The van der Waals surface area contributed by atoms with Gasteiger partial charge in [-0.3, -0.25) is 14.8 Å². The molecular weight excluding hydrogens is 520 g/mol. The van der Waals surface area contributed by atoms with E-state index in [0.29, 0.717) is 44.2 Å². The summed E-state index contributed by atoms with van der Waals surface area (Å²) < 4.78 is 79.6. The van der Waals surface area contributed by atoms with Gasteiger partial charge >= 0.3 is 6.18 Å². The lowest BCUT2D eigenvalue weighted by Crippen LogP contribution is -2.46. The molecule has 200 valence electrons. The van der Waals surface area contributed by atoms with Gasteiger partial charge in [0, 0.05) is 38.4 Å². The van der Waals surface area contributed by atoms with E-state index < -0.39 is 27.7 Å². The van der Waals surface area contributed by atoms with E-state index in [9.17, 15) is 26.0 Å². The van der Waals surface area contributed by atoms with E-state index in [1.54, 1.807) is 6.92 Å². The molecule has 0 spiro atoms. The van der Waals surface area contributed by atoms with Crippen LogP contribution in [0.4, 0.5) is 17.6 Å². The van der Waals surface area contributed by atoms with Gasteiger partial charge in [0.1, 0.15) is 11.5 Å². The van der Waals surface area contributed by atoms with Gasteiger partial charge in [0.25, 0.3) is 0 Å². The molecule has 0 saturated carbocycles. The topological polar surface area (TPSA) is 56.8 Å². The van der Waals surface area contributed by atoms with Gasteiger partial charge in [-0.1, -0.05) is 12.1 Å². The molecule has 0 unspecified atom stereocenters. The van der Waals surface area contributed by atoms with Crippen LogP contribution in [0.2, 0.25) is 0 Å². The second-order valence-corrected chi connectivity index (χ2v) is 11.2. The molecule has 4 rings (SSSR count). The lowest BCUT2D eigenvalue weighted by atomic mass is 10.0. The van der Waals surface area contributed by atoms with Gasteiger partial charge in [0.15, 0.2) is 0 Å². The zero-order chi connectivity index (χ0) is 25.2. The molecule has 2 fully saturated rings. The SMILES string of the molecule is Cc1ccc(F)cc1S(=O)(=O)N1CCCN(C2CCN(Cc3ccc(C(F)(F)F)nc3)CC2)CC1.Cl. The molecule has 12 heteroatoms. The predicted molar refractivity (Wildman–Crippen MR) is 131 cm³/mol. The highest BCUT2D eigenvalue weighted by Crippen LogP contribution is 2.28. The minimum Gasteiger partial charge on any atom is -0.299 e. The minimum absolute atomic E-state index is 0. The summed E-state index contributed by atoms with van der Waals surface area (Å²) in [7, 11) is -3.77. The fourth-order valence-electron chi connectivity index (χ4n) is 4.90. The van der Waals surface area contributed by atoms with E-state index in [1.165, 1.54) is 28.7 Å². The highest BCUT2D eigenvalue weighted by atomic mass is 35.5. The molecule has 0 aliphatic carbocycles. The summed E-state index contributed by atoms with van der Waals surface area (Å²) in [6, 6.07) is 6.67. The Hall–Kier alpha value is -1.79. The number of aromatic nitrogens is 1. The van der Waals surface area contributed by atoms with Crippen molar-refractivity contribution >= 4 is 22.4 Å². The minimum atomic E-state index is -4.44. The van der Waals surface area contributed by atoms with Crippen LogP contribution in [0.15, 0.2) is 41.4 Å². The first-order valence-electron chi connectivity index (χ1n) is 11.8. The first-order chi connectivity index (χ1) is 16.5. The lowest BCUT2D eigenvalue weighted by Gasteiger charge is -2.38. The van der Waals surface area contributed by atoms with Gasteiger partial charge in [-0.2, -0.15) is 17.5 Å². The Labute approximate surface area is 215 Å². The number of alkyl halides is 3. The van der Waals surface area contributed by atoms with Crippen LogP contribution in [0.1, 0.15) is 36.1 Å². The van der Waals surface area contributed by atoms with Crippen LogP contribution >= 0.6 is 12.4 Å². The molecule has 0 amide bonds. The molecule has 1 aromatic carbocycles. The summed E-state index contributed by atoms with van der Waals surface area (Å²) in [5.74, 6) is -0.565. The lowest BCUT2D eigenvalue weighted by molar-refractivity contribution is -0.141. The van der Waals surface area contributed by atoms with E-state index in [2.05, 4.69) is 14.8 Å². The number of halogens is 5. The van der Waals surface area contributed by atoms with Crippen molar-refractivity contribution in [3.8, 4) is 0 Å². The number of rotatable bonds is 5. The molecule has 0 N–H and O–H groups in total. The van der Waals surface area contributed by atoms with Crippen LogP contribution in [0.25, 0.3) is 0 Å². The van der Waals surface area contributed by atoms with Crippen molar-refractivity contribution in [1.29, 1.82) is 0 Å². The first kappa shape index (κ1) is 28.8. The van der Waals surface area contributed by atoms with Gasteiger partial charge in [0.2, 0.25) is 10.0 Å². The Balaban J connectivity index is 0.00000361. The van der Waals surface area contributed by atoms with Crippen molar-refractivity contribution in [3.05, 3.63) is 59.2 Å². The third-order valence-corrected chi connectivity index (χ3v) is 8.89. The monoisotopic (exact) mass is 550 g/mol. The highest BCUT2D eigenvalue weighted by Gasteiger charge is 2.33. The van der Waals surface area contributed by atoms with Crippen molar-refractivity contribution in [2.45, 2.75) is 49.8 Å². The molecular formula is C24H31ClF4N4O2S. The number of aryl methyl sites for hydroxylation is 1. The molecule has 2 saturated heterocycles. The average Bonchev–Trinajstić information content (AvgIpc) is 3.08. The summed E-state index contributed by atoms with van der Waals surface area (Å²) in [5, 5.41) is 0.